The highest BCUT2D eigenvalue weighted by Gasteiger charge is 2.77. The van der Waals surface area contributed by atoms with Gasteiger partial charge in [0, 0.05) is 54.8 Å². The van der Waals surface area contributed by atoms with Crippen molar-refractivity contribution in [3.8, 4) is 0 Å². The van der Waals surface area contributed by atoms with E-state index < -0.39 is 64.4 Å². The first-order chi connectivity index (χ1) is 30.6. The predicted octanol–water partition coefficient (Wildman–Crippen LogP) is 8.25. The molecule has 12 heterocycles. The van der Waals surface area contributed by atoms with E-state index >= 15 is 4.79 Å². The number of hydrogen-bond donors (Lipinski definition) is 0. The van der Waals surface area contributed by atoms with Gasteiger partial charge >= 0.3 is 17.9 Å². The van der Waals surface area contributed by atoms with Crippen LogP contribution in [0.3, 0.4) is 0 Å². The fourth-order valence-electron chi connectivity index (χ4n) is 16.7. The second-order valence-electron chi connectivity index (χ2n) is 23.5. The Hall–Kier alpha value is -1.95. The van der Waals surface area contributed by atoms with Crippen molar-refractivity contribution in [2.45, 2.75) is 217 Å². The highest BCUT2D eigenvalue weighted by molar-refractivity contribution is 5.81. The quantitative estimate of drug-likeness (QED) is 0.0941. The lowest BCUT2D eigenvalue weighted by atomic mass is 9.49. The average Bonchev–Trinajstić information content (AvgIpc) is 3.74. The summed E-state index contributed by atoms with van der Waals surface area (Å²) >= 11 is 0. The summed E-state index contributed by atoms with van der Waals surface area (Å²) in [6, 6.07) is 0. The van der Waals surface area contributed by atoms with Gasteiger partial charge in [0.2, 0.25) is 36.2 Å². The van der Waals surface area contributed by atoms with Crippen LogP contribution in [0, 0.1) is 70.5 Å². The Morgan fingerprint density at radius 2 is 0.922 bits per heavy atom. The van der Waals surface area contributed by atoms with Gasteiger partial charge in [-0.15, -0.1) is 0 Å². The molecule has 15 rings (SSSR count). The smallest absolute Gasteiger partial charge is 0.314 e. The first-order valence-electron chi connectivity index (χ1n) is 25.3. The van der Waals surface area contributed by atoms with Crippen LogP contribution in [0.15, 0.2) is 0 Å². The summed E-state index contributed by atoms with van der Waals surface area (Å²) in [5.41, 5.74) is -3.92. The van der Waals surface area contributed by atoms with Gasteiger partial charge in [0.25, 0.3) is 0 Å². The van der Waals surface area contributed by atoms with Crippen molar-refractivity contribution in [3.05, 3.63) is 0 Å². The van der Waals surface area contributed by atoms with Gasteiger partial charge in [0.05, 0.1) is 17.3 Å². The third-order valence-corrected chi connectivity index (χ3v) is 20.1. The molecule has 0 radical (unpaired) electrons. The molecule has 0 aromatic carbocycles. The van der Waals surface area contributed by atoms with Crippen LogP contribution in [0.5, 0.6) is 0 Å². The van der Waals surface area contributed by atoms with Crippen LogP contribution in [0.2, 0.25) is 0 Å². The molecule has 12 saturated heterocycles. The molecule has 6 bridgehead atoms. The molecule has 12 aliphatic heterocycles. The Morgan fingerprint density at radius 3 is 1.48 bits per heavy atom. The molecular weight excluding hydrogens is 829 g/mol. The largest absolute Gasteiger partial charge is 0.432 e. The van der Waals surface area contributed by atoms with Crippen LogP contribution in [-0.4, -0.2) is 70.9 Å². The van der Waals surface area contributed by atoms with E-state index in [1.165, 1.54) is 0 Å². The Bertz CT molecular complexity index is 1910. The van der Waals surface area contributed by atoms with E-state index in [2.05, 4.69) is 20.8 Å². The summed E-state index contributed by atoms with van der Waals surface area (Å²) in [6.07, 6.45) is 11.6. The number of carbonyl (C=O) groups is 3. The molecule has 3 aliphatic carbocycles. The zero-order valence-corrected chi connectivity index (χ0v) is 38.6. The van der Waals surface area contributed by atoms with E-state index in [9.17, 15) is 9.59 Å². The lowest BCUT2D eigenvalue weighted by molar-refractivity contribution is -0.564. The second-order valence-corrected chi connectivity index (χ2v) is 23.5. The molecule has 0 aromatic rings. The lowest BCUT2D eigenvalue weighted by Crippen LogP contribution is -2.74. The van der Waals surface area contributed by atoms with Gasteiger partial charge in [-0.25, -0.2) is 29.3 Å². The maximum Gasteiger partial charge on any atom is 0.314 e. The minimum atomic E-state index is -1.11. The normalized spacial score (nSPS) is 56.6. The van der Waals surface area contributed by atoms with Crippen molar-refractivity contribution in [1.82, 2.24) is 0 Å². The Balaban J connectivity index is 0.820. The molecule has 21 atom stereocenters. The summed E-state index contributed by atoms with van der Waals surface area (Å²) in [7, 11) is 0. The van der Waals surface area contributed by atoms with E-state index in [1.807, 2.05) is 20.8 Å². The van der Waals surface area contributed by atoms with Gasteiger partial charge in [-0.05, 0) is 116 Å². The number of carbonyl (C=O) groups excluding carboxylic acids is 3. The molecule has 3 spiro atoms. The first-order valence-corrected chi connectivity index (χ1v) is 25.3. The van der Waals surface area contributed by atoms with E-state index in [-0.39, 0.29) is 71.7 Å². The summed E-state index contributed by atoms with van der Waals surface area (Å²) in [5, 5.41) is 0. The van der Waals surface area contributed by atoms with Crippen LogP contribution < -0.4 is 0 Å². The summed E-state index contributed by atoms with van der Waals surface area (Å²) in [5.74, 6) is -4.27. The molecule has 0 aromatic heterocycles. The molecule has 3 saturated carbocycles. The van der Waals surface area contributed by atoms with Gasteiger partial charge in [-0.3, -0.25) is 14.4 Å². The van der Waals surface area contributed by atoms with Gasteiger partial charge in [0.1, 0.15) is 0 Å². The SMILES string of the molecule is C[C@@H]1CC[C@H]2[C@H](C[C@@]3(CCCCCCC4C(=O)O[C@@H]5O[C@]6(C)CC[C@H]7[C@H](C)CC[C@@H]4[C@@]57OO6)C(=O)O[C@@H]4O[C@]5(C)CC[C@H]6[C@H](C)CC[C@@H]3[C@@]46OO5)C(=O)O[C@@H]3O[C@]4(C)CC[C@@H]1[C@]32OO4. The zero-order valence-electron chi connectivity index (χ0n) is 38.6. The van der Waals surface area contributed by atoms with Crippen molar-refractivity contribution in [1.29, 1.82) is 0 Å². The number of ether oxygens (including phenoxy) is 6. The molecule has 0 N–H and O–H groups in total. The van der Waals surface area contributed by atoms with Crippen LogP contribution in [0.4, 0.5) is 0 Å². The number of unbranched alkanes of at least 4 members (excludes halogenated alkanes) is 3. The van der Waals surface area contributed by atoms with Crippen LogP contribution in [0.1, 0.15) is 164 Å². The van der Waals surface area contributed by atoms with Gasteiger partial charge in [-0.1, -0.05) is 46.5 Å². The maximum absolute atomic E-state index is 15.3. The first kappa shape index (κ1) is 43.3. The third kappa shape index (κ3) is 5.92. The molecule has 15 fully saturated rings. The monoisotopic (exact) mass is 898 g/mol. The predicted molar refractivity (Wildman–Crippen MR) is 218 cm³/mol. The molecule has 15 heteroatoms. The standard InChI is InChI=1S/C49H70O15/c1-26-12-15-34-29(37(50)53-40-47(34)31(26)18-22-43(4,56-40)59-62-47)11-9-7-8-10-21-46(36-17-14-28(3)33-20-24-45(6)58-42(55-39(46)52)49(33,36)64-61-45)25-30-35-16-13-27(2)32-19-23-44(5)57-41(54-38(30)51)48(32,35)63-60-44/h26-36,40-42H,7-25H2,1-6H3/t26-,27-,28-,29?,30+,31+,32+,33+,34+,35+,36+,40-,41-,42-,43+,44+,45+,46-,47-,48-,49-/m1/s1. The molecule has 15 nitrogen and oxygen atoms in total. The van der Waals surface area contributed by atoms with Crippen molar-refractivity contribution in [3.63, 3.8) is 0 Å². The molecule has 1 unspecified atom stereocenters. The molecule has 356 valence electrons. The minimum Gasteiger partial charge on any atom is -0.432 e. The van der Waals surface area contributed by atoms with Crippen LogP contribution in [0.25, 0.3) is 0 Å². The lowest BCUT2D eigenvalue weighted by Gasteiger charge is -2.63. The van der Waals surface area contributed by atoms with E-state index in [1.54, 1.807) is 0 Å². The van der Waals surface area contributed by atoms with Crippen molar-refractivity contribution in [2.24, 2.45) is 70.5 Å². The molecule has 15 aliphatic rings. The third-order valence-electron chi connectivity index (χ3n) is 20.1. The fourth-order valence-corrected chi connectivity index (χ4v) is 16.7. The number of rotatable bonds is 9. The highest BCUT2D eigenvalue weighted by Crippen LogP contribution is 2.68. The van der Waals surface area contributed by atoms with Gasteiger partial charge < -0.3 is 28.4 Å². The average molecular weight is 899 g/mol. The fraction of sp³-hybridized carbons (Fsp3) is 0.939. The Morgan fingerprint density at radius 1 is 0.469 bits per heavy atom. The second kappa shape index (κ2) is 14.8. The number of hydrogen-bond acceptors (Lipinski definition) is 15. The summed E-state index contributed by atoms with van der Waals surface area (Å²) in [4.78, 5) is 81.6. The number of esters is 3. The zero-order chi connectivity index (χ0) is 44.2. The van der Waals surface area contributed by atoms with Crippen molar-refractivity contribution < 1.29 is 72.1 Å². The van der Waals surface area contributed by atoms with Crippen molar-refractivity contribution in [2.75, 3.05) is 0 Å². The molecule has 0 amide bonds. The van der Waals surface area contributed by atoms with E-state index in [4.69, 9.17) is 57.7 Å². The van der Waals surface area contributed by atoms with Crippen molar-refractivity contribution >= 4 is 17.9 Å². The molecular formula is C49H70O15. The van der Waals surface area contributed by atoms with Gasteiger partial charge in [-0.2, -0.15) is 0 Å². The van der Waals surface area contributed by atoms with Crippen LogP contribution >= 0.6 is 0 Å². The topological polar surface area (TPSA) is 162 Å². The number of fused-ring (bicyclic) bond motifs is 6. The van der Waals surface area contributed by atoms with E-state index in [0.717, 1.165) is 70.6 Å². The molecule has 64 heavy (non-hydrogen) atoms. The van der Waals surface area contributed by atoms with E-state index in [0.29, 0.717) is 56.8 Å². The highest BCUT2D eigenvalue weighted by atomic mass is 17.3. The summed E-state index contributed by atoms with van der Waals surface area (Å²) < 4.78 is 38.5. The summed E-state index contributed by atoms with van der Waals surface area (Å²) in [6.45, 7) is 12.4. The maximum atomic E-state index is 15.3. The Kier molecular flexibility index (Phi) is 10.0. The van der Waals surface area contributed by atoms with Gasteiger partial charge in [0.15, 0.2) is 16.8 Å². The van der Waals surface area contributed by atoms with Crippen LogP contribution in [-0.2, 0) is 72.1 Å². The Labute approximate surface area is 376 Å². The minimum absolute atomic E-state index is 0.0279.